The lowest BCUT2D eigenvalue weighted by molar-refractivity contribution is -0.137. The topological polar surface area (TPSA) is 75.5 Å². The highest BCUT2D eigenvalue weighted by molar-refractivity contribution is 7.99. The summed E-state index contributed by atoms with van der Waals surface area (Å²) >= 11 is 1.24. The quantitative estimate of drug-likeness (QED) is 0.262. The molecular weight excluding hydrogens is 438 g/mol. The van der Waals surface area contributed by atoms with Gasteiger partial charge in [-0.05, 0) is 23.8 Å². The van der Waals surface area contributed by atoms with E-state index in [1.807, 2.05) is 83.4 Å². The van der Waals surface area contributed by atoms with Gasteiger partial charge in [0.2, 0.25) is 0 Å². The smallest absolute Gasteiger partial charge is 0.316 e. The molecule has 0 radical (unpaired) electrons. The van der Waals surface area contributed by atoms with Gasteiger partial charge in [-0.25, -0.2) is 0 Å². The Balaban J connectivity index is 1.66. The summed E-state index contributed by atoms with van der Waals surface area (Å²) in [6, 6.07) is 25.5. The molecule has 3 aromatic carbocycles. The van der Waals surface area contributed by atoms with Crippen LogP contribution in [0.25, 0.3) is 16.8 Å². The second-order valence-corrected chi connectivity index (χ2v) is 7.86. The van der Waals surface area contributed by atoms with Gasteiger partial charge in [0.1, 0.15) is 18.1 Å². The summed E-state index contributed by atoms with van der Waals surface area (Å²) in [6.45, 7) is 0.174. The number of thioether (sulfide) groups is 1. The first-order valence-electron chi connectivity index (χ1n) is 10.3. The molecule has 168 valence electrons. The van der Waals surface area contributed by atoms with E-state index in [1.165, 1.54) is 18.9 Å². The van der Waals surface area contributed by atoms with Crippen LogP contribution in [-0.2, 0) is 16.1 Å². The summed E-state index contributed by atoms with van der Waals surface area (Å²) in [7, 11) is 2.97. The van der Waals surface area contributed by atoms with Gasteiger partial charge in [0.15, 0.2) is 11.0 Å². The first-order chi connectivity index (χ1) is 16.2. The fourth-order valence-corrected chi connectivity index (χ4v) is 4.11. The van der Waals surface area contributed by atoms with Crippen LogP contribution in [0.4, 0.5) is 0 Å². The van der Waals surface area contributed by atoms with Crippen LogP contribution in [0.15, 0.2) is 84.0 Å². The Morgan fingerprint density at radius 1 is 0.879 bits per heavy atom. The van der Waals surface area contributed by atoms with Crippen LogP contribution in [0.2, 0.25) is 0 Å². The number of nitrogens with zero attached hydrogens (tertiary/aromatic N) is 3. The van der Waals surface area contributed by atoms with Crippen LogP contribution in [0.5, 0.6) is 11.5 Å². The molecule has 0 aliphatic heterocycles. The molecule has 4 rings (SSSR count). The van der Waals surface area contributed by atoms with Crippen LogP contribution < -0.4 is 9.47 Å². The van der Waals surface area contributed by atoms with Gasteiger partial charge < -0.3 is 14.2 Å². The lowest BCUT2D eigenvalue weighted by atomic mass is 10.1. The van der Waals surface area contributed by atoms with Crippen molar-refractivity contribution in [3.05, 3.63) is 84.7 Å². The third-order valence-corrected chi connectivity index (χ3v) is 5.80. The molecule has 0 spiro atoms. The first-order valence-corrected chi connectivity index (χ1v) is 11.2. The maximum Gasteiger partial charge on any atom is 0.316 e. The molecule has 7 nitrogen and oxygen atoms in total. The van der Waals surface area contributed by atoms with Crippen LogP contribution in [0, 0.1) is 0 Å². The predicted molar refractivity (Wildman–Crippen MR) is 127 cm³/mol. The first kappa shape index (κ1) is 22.4. The molecule has 1 aromatic heterocycles. The second kappa shape index (κ2) is 10.7. The van der Waals surface area contributed by atoms with Crippen molar-refractivity contribution in [3.8, 4) is 28.3 Å². The lowest BCUT2D eigenvalue weighted by Crippen LogP contribution is -2.09. The average molecular weight is 462 g/mol. The average Bonchev–Trinajstić information content (AvgIpc) is 3.29. The van der Waals surface area contributed by atoms with Crippen molar-refractivity contribution in [2.45, 2.75) is 11.8 Å². The van der Waals surface area contributed by atoms with Crippen LogP contribution in [-0.4, -0.2) is 40.7 Å². The third kappa shape index (κ3) is 5.18. The number of hydrogen-bond donors (Lipinski definition) is 0. The Labute approximate surface area is 196 Å². The summed E-state index contributed by atoms with van der Waals surface area (Å²) < 4.78 is 18.4. The van der Waals surface area contributed by atoms with E-state index in [0.717, 1.165) is 22.6 Å². The standard InChI is InChI=1S/C25H23N3O4S/c1-30-22-15-9-7-13-20(22)28-23(26-27-25(28)33-17-24(29)31-2)16-32-21-14-8-6-12-19(21)18-10-4-3-5-11-18/h3-15H,16-17H2,1-2H3. The molecule has 0 bridgehead atoms. The molecular formula is C25H23N3O4S. The number of ether oxygens (including phenoxy) is 3. The van der Waals surface area contributed by atoms with Crippen molar-refractivity contribution in [1.82, 2.24) is 14.8 Å². The van der Waals surface area contributed by atoms with E-state index in [-0.39, 0.29) is 18.3 Å². The molecule has 0 unspecified atom stereocenters. The number of carbonyl (C=O) groups excluding carboxylic acids is 1. The van der Waals surface area contributed by atoms with Gasteiger partial charge in [0, 0.05) is 5.56 Å². The Morgan fingerprint density at radius 3 is 2.33 bits per heavy atom. The molecule has 0 N–H and O–H groups in total. The van der Waals surface area contributed by atoms with E-state index < -0.39 is 0 Å². The Hall–Kier alpha value is -3.78. The highest BCUT2D eigenvalue weighted by atomic mass is 32.2. The third-order valence-electron chi connectivity index (χ3n) is 4.90. The van der Waals surface area contributed by atoms with Crippen molar-refractivity contribution in [3.63, 3.8) is 0 Å². The largest absolute Gasteiger partial charge is 0.495 e. The van der Waals surface area contributed by atoms with Gasteiger partial charge >= 0.3 is 5.97 Å². The maximum absolute atomic E-state index is 11.7. The number of rotatable bonds is 9. The van der Waals surface area contributed by atoms with Crippen molar-refractivity contribution < 1.29 is 19.0 Å². The number of aromatic nitrogens is 3. The van der Waals surface area contributed by atoms with E-state index in [0.29, 0.717) is 16.7 Å². The van der Waals surface area contributed by atoms with Gasteiger partial charge in [-0.1, -0.05) is 72.4 Å². The SMILES string of the molecule is COC(=O)CSc1nnc(COc2ccccc2-c2ccccc2)n1-c1ccccc1OC. The number of para-hydroxylation sites is 3. The molecule has 0 atom stereocenters. The highest BCUT2D eigenvalue weighted by Crippen LogP contribution is 2.32. The molecule has 0 fully saturated rings. The van der Waals surface area contributed by atoms with Gasteiger partial charge in [-0.3, -0.25) is 9.36 Å². The van der Waals surface area contributed by atoms with Crippen LogP contribution in [0.1, 0.15) is 5.82 Å². The fourth-order valence-electron chi connectivity index (χ4n) is 3.32. The number of carbonyl (C=O) groups is 1. The molecule has 0 saturated carbocycles. The highest BCUT2D eigenvalue weighted by Gasteiger charge is 2.19. The minimum Gasteiger partial charge on any atom is -0.495 e. The molecule has 0 saturated heterocycles. The summed E-state index contributed by atoms with van der Waals surface area (Å²) in [5.41, 5.74) is 2.81. The van der Waals surface area contributed by atoms with Crippen LogP contribution >= 0.6 is 11.8 Å². The summed E-state index contributed by atoms with van der Waals surface area (Å²) in [5.74, 6) is 1.74. The number of esters is 1. The molecule has 33 heavy (non-hydrogen) atoms. The monoisotopic (exact) mass is 461 g/mol. The molecule has 0 aliphatic rings. The van der Waals surface area contributed by atoms with Gasteiger partial charge in [-0.2, -0.15) is 0 Å². The number of benzene rings is 3. The zero-order chi connectivity index (χ0) is 23.0. The summed E-state index contributed by atoms with van der Waals surface area (Å²) in [5, 5.41) is 9.19. The number of hydrogen-bond acceptors (Lipinski definition) is 7. The van der Waals surface area contributed by atoms with Crippen molar-refractivity contribution >= 4 is 17.7 Å². The number of methoxy groups -OCH3 is 2. The Kier molecular flexibility index (Phi) is 7.26. The summed E-state index contributed by atoms with van der Waals surface area (Å²) in [6.07, 6.45) is 0. The van der Waals surface area contributed by atoms with Gasteiger partial charge in [0.05, 0.1) is 25.7 Å². The van der Waals surface area contributed by atoms with Crippen molar-refractivity contribution in [1.29, 1.82) is 0 Å². The lowest BCUT2D eigenvalue weighted by Gasteiger charge is -2.15. The molecule has 0 amide bonds. The second-order valence-electron chi connectivity index (χ2n) is 6.92. The fraction of sp³-hybridized carbons (Fsp3) is 0.160. The van der Waals surface area contributed by atoms with E-state index in [2.05, 4.69) is 10.2 Å². The van der Waals surface area contributed by atoms with Crippen molar-refractivity contribution in [2.24, 2.45) is 0 Å². The van der Waals surface area contributed by atoms with E-state index in [1.54, 1.807) is 7.11 Å². The minimum atomic E-state index is -0.343. The predicted octanol–water partition coefficient (Wildman–Crippen LogP) is 4.79. The Morgan fingerprint density at radius 2 is 1.58 bits per heavy atom. The summed E-state index contributed by atoms with van der Waals surface area (Å²) in [4.78, 5) is 11.7. The van der Waals surface area contributed by atoms with E-state index in [9.17, 15) is 4.79 Å². The zero-order valence-corrected chi connectivity index (χ0v) is 19.1. The molecule has 4 aromatic rings. The van der Waals surface area contributed by atoms with E-state index in [4.69, 9.17) is 14.2 Å². The maximum atomic E-state index is 11.7. The van der Waals surface area contributed by atoms with E-state index >= 15 is 0 Å². The Bertz CT molecular complexity index is 1230. The molecule has 1 heterocycles. The van der Waals surface area contributed by atoms with Gasteiger partial charge in [-0.15, -0.1) is 10.2 Å². The van der Waals surface area contributed by atoms with Crippen molar-refractivity contribution in [2.75, 3.05) is 20.0 Å². The zero-order valence-electron chi connectivity index (χ0n) is 18.3. The molecule has 0 aliphatic carbocycles. The van der Waals surface area contributed by atoms with Crippen LogP contribution in [0.3, 0.4) is 0 Å². The van der Waals surface area contributed by atoms with Gasteiger partial charge in [0.25, 0.3) is 0 Å². The minimum absolute atomic E-state index is 0.113. The molecule has 8 heteroatoms. The normalized spacial score (nSPS) is 10.6.